The van der Waals surface area contributed by atoms with Gasteiger partial charge in [0.1, 0.15) is 29.5 Å². The van der Waals surface area contributed by atoms with Crippen LogP contribution in [-0.4, -0.2) is 58.8 Å². The molecule has 4 rings (SSSR count). The van der Waals surface area contributed by atoms with Crippen LogP contribution in [0.5, 0.6) is 0 Å². The molecule has 174 valence electrons. The van der Waals surface area contributed by atoms with Gasteiger partial charge < -0.3 is 24.1 Å². The maximum absolute atomic E-state index is 12.1. The van der Waals surface area contributed by atoms with Crippen LogP contribution < -0.4 is 0 Å². The molecule has 7 heteroatoms. The van der Waals surface area contributed by atoms with E-state index in [9.17, 15) is 14.7 Å². The van der Waals surface area contributed by atoms with Gasteiger partial charge in [0, 0.05) is 31.6 Å². The number of fused-ring (bicyclic) bond motifs is 7. The van der Waals surface area contributed by atoms with Gasteiger partial charge in [0.05, 0.1) is 12.2 Å². The minimum atomic E-state index is -0.916. The maximum Gasteiger partial charge on any atom is 0.303 e. The molecule has 31 heavy (non-hydrogen) atoms. The van der Waals surface area contributed by atoms with Gasteiger partial charge in [0.15, 0.2) is 0 Å². The lowest BCUT2D eigenvalue weighted by Crippen LogP contribution is -2.57. The third-order valence-electron chi connectivity index (χ3n) is 8.06. The first-order chi connectivity index (χ1) is 14.4. The third kappa shape index (κ3) is 3.62. The predicted molar refractivity (Wildman–Crippen MR) is 112 cm³/mol. The van der Waals surface area contributed by atoms with E-state index in [0.29, 0.717) is 19.3 Å². The molecule has 0 amide bonds. The van der Waals surface area contributed by atoms with E-state index in [0.717, 1.165) is 5.57 Å². The van der Waals surface area contributed by atoms with Crippen molar-refractivity contribution < 1.29 is 33.6 Å². The van der Waals surface area contributed by atoms with Crippen LogP contribution in [0.1, 0.15) is 60.8 Å². The molecule has 2 bridgehead atoms. The lowest BCUT2D eigenvalue weighted by molar-refractivity contribution is -0.183. The molecule has 1 aliphatic carbocycles. The lowest BCUT2D eigenvalue weighted by Gasteiger charge is -2.47. The molecular formula is C24H36O7. The van der Waals surface area contributed by atoms with E-state index in [1.54, 1.807) is 0 Å². The Bertz CT molecular complexity index is 778. The summed E-state index contributed by atoms with van der Waals surface area (Å²) in [5, 5.41) is 10.6. The van der Waals surface area contributed by atoms with Gasteiger partial charge in [-0.2, -0.15) is 0 Å². The molecule has 3 saturated heterocycles. The van der Waals surface area contributed by atoms with Crippen LogP contribution in [-0.2, 0) is 28.5 Å². The fraction of sp³-hybridized carbons (Fsp3) is 0.833. The molecular weight excluding hydrogens is 400 g/mol. The van der Waals surface area contributed by atoms with Crippen molar-refractivity contribution in [3.8, 4) is 0 Å². The van der Waals surface area contributed by atoms with Crippen LogP contribution >= 0.6 is 0 Å². The third-order valence-corrected chi connectivity index (χ3v) is 8.06. The van der Waals surface area contributed by atoms with Crippen molar-refractivity contribution in [2.45, 2.75) is 103 Å². The Morgan fingerprint density at radius 1 is 1.19 bits per heavy atom. The van der Waals surface area contributed by atoms with Crippen molar-refractivity contribution >= 4 is 11.9 Å². The quantitative estimate of drug-likeness (QED) is 0.413. The van der Waals surface area contributed by atoms with E-state index in [2.05, 4.69) is 27.4 Å². The molecule has 1 saturated carbocycles. The van der Waals surface area contributed by atoms with Crippen molar-refractivity contribution in [3.05, 3.63) is 12.2 Å². The fourth-order valence-electron chi connectivity index (χ4n) is 6.80. The number of hydrogen-bond donors (Lipinski definition) is 1. The summed E-state index contributed by atoms with van der Waals surface area (Å²) in [4.78, 5) is 24.0. The van der Waals surface area contributed by atoms with Gasteiger partial charge in [-0.1, -0.05) is 20.4 Å². The van der Waals surface area contributed by atoms with Crippen LogP contribution in [0.2, 0.25) is 0 Å². The average Bonchev–Trinajstić information content (AvgIpc) is 3.18. The highest BCUT2D eigenvalue weighted by molar-refractivity contribution is 5.67. The van der Waals surface area contributed by atoms with E-state index < -0.39 is 23.4 Å². The van der Waals surface area contributed by atoms with E-state index in [-0.39, 0.29) is 53.9 Å². The van der Waals surface area contributed by atoms with Gasteiger partial charge in [-0.25, -0.2) is 0 Å². The van der Waals surface area contributed by atoms with Gasteiger partial charge in [-0.15, -0.1) is 0 Å². The summed E-state index contributed by atoms with van der Waals surface area (Å²) < 4.78 is 24.7. The second-order valence-electron chi connectivity index (χ2n) is 10.6. The summed E-state index contributed by atoms with van der Waals surface area (Å²) in [5.74, 6) is -0.493. The Labute approximate surface area is 184 Å². The van der Waals surface area contributed by atoms with Gasteiger partial charge in [-0.3, -0.25) is 9.59 Å². The topological polar surface area (TPSA) is 94.6 Å². The number of carbonyl (C=O) groups excluding carboxylic acids is 2. The minimum absolute atomic E-state index is 0.00280. The number of carbonyl (C=O) groups is 2. The first kappa shape index (κ1) is 22.7. The monoisotopic (exact) mass is 436 g/mol. The number of esters is 2. The van der Waals surface area contributed by atoms with Crippen LogP contribution in [0.3, 0.4) is 0 Å². The SMILES string of the molecule is C=C1C[C@H]2O[C@H]([C@@H]3[C@@H](C(C)C)[C@H](OC(C)=O)[C@H]4O[C@@]4(C)[C@@H]32)[C@@](C)(OC(C)=O)CC[C@@H]1O. The minimum Gasteiger partial charge on any atom is -0.459 e. The highest BCUT2D eigenvalue weighted by Gasteiger charge is 2.76. The molecule has 3 aliphatic heterocycles. The first-order valence-corrected chi connectivity index (χ1v) is 11.4. The average molecular weight is 437 g/mol. The summed E-state index contributed by atoms with van der Waals surface area (Å²) in [6, 6.07) is 0. The molecule has 3 heterocycles. The Morgan fingerprint density at radius 3 is 2.45 bits per heavy atom. The van der Waals surface area contributed by atoms with E-state index in [1.165, 1.54) is 13.8 Å². The summed E-state index contributed by atoms with van der Waals surface area (Å²) in [6.07, 6.45) is -0.387. The zero-order valence-electron chi connectivity index (χ0n) is 19.4. The van der Waals surface area contributed by atoms with Crippen LogP contribution in [0, 0.1) is 23.7 Å². The maximum atomic E-state index is 12.1. The van der Waals surface area contributed by atoms with Crippen molar-refractivity contribution in [1.82, 2.24) is 0 Å². The largest absolute Gasteiger partial charge is 0.459 e. The number of rotatable bonds is 3. The summed E-state index contributed by atoms with van der Waals surface area (Å²) in [7, 11) is 0. The predicted octanol–water partition coefficient (Wildman–Crippen LogP) is 2.78. The highest BCUT2D eigenvalue weighted by Crippen LogP contribution is 2.65. The standard InChI is InChI=1S/C24H36O7/c1-11(2)17-18-19(24(7)22(31-24)20(17)28-13(4)25)16-10-12(3)15(27)8-9-23(6,21(18)29-16)30-14(5)26/h11,15-22,27H,3,8-10H2,1-2,4-7H3/t15-,16+,17+,18+,19+,20-,21+,22+,23-,24-/m0/s1. The molecule has 0 aromatic heterocycles. The molecule has 0 radical (unpaired) electrons. The number of aliphatic hydroxyl groups excluding tert-OH is 1. The molecule has 0 unspecified atom stereocenters. The van der Waals surface area contributed by atoms with Gasteiger partial charge in [0.2, 0.25) is 0 Å². The van der Waals surface area contributed by atoms with Crippen LogP contribution in [0.25, 0.3) is 0 Å². The Kier molecular flexibility index (Phi) is 5.55. The van der Waals surface area contributed by atoms with E-state index in [4.69, 9.17) is 18.9 Å². The smallest absolute Gasteiger partial charge is 0.303 e. The molecule has 0 aromatic rings. The van der Waals surface area contributed by atoms with Gasteiger partial charge in [0.25, 0.3) is 0 Å². The summed E-state index contributed by atoms with van der Waals surface area (Å²) >= 11 is 0. The summed E-state index contributed by atoms with van der Waals surface area (Å²) in [6.45, 7) is 15.2. The zero-order valence-corrected chi connectivity index (χ0v) is 19.4. The Hall–Kier alpha value is -1.44. The fourth-order valence-corrected chi connectivity index (χ4v) is 6.80. The van der Waals surface area contributed by atoms with Crippen molar-refractivity contribution in [3.63, 3.8) is 0 Å². The number of epoxide rings is 1. The number of aliphatic hydroxyl groups is 1. The zero-order chi connectivity index (χ0) is 22.9. The van der Waals surface area contributed by atoms with E-state index in [1.807, 2.05) is 6.92 Å². The van der Waals surface area contributed by atoms with Crippen LogP contribution in [0.15, 0.2) is 12.2 Å². The molecule has 4 aliphatic rings. The second kappa shape index (κ2) is 7.56. The van der Waals surface area contributed by atoms with Crippen molar-refractivity contribution in [2.75, 3.05) is 0 Å². The number of hydrogen-bond acceptors (Lipinski definition) is 7. The molecule has 1 N–H and O–H groups in total. The van der Waals surface area contributed by atoms with Gasteiger partial charge in [-0.05, 0) is 44.6 Å². The van der Waals surface area contributed by atoms with Crippen LogP contribution in [0.4, 0.5) is 0 Å². The molecule has 0 aromatic carbocycles. The van der Waals surface area contributed by atoms with E-state index >= 15 is 0 Å². The highest BCUT2D eigenvalue weighted by atomic mass is 16.7. The summed E-state index contributed by atoms with van der Waals surface area (Å²) in [5.41, 5.74) is -0.668. The molecule has 7 nitrogen and oxygen atoms in total. The lowest BCUT2D eigenvalue weighted by atomic mass is 9.58. The molecule has 4 fully saturated rings. The van der Waals surface area contributed by atoms with Crippen molar-refractivity contribution in [2.24, 2.45) is 23.7 Å². The Morgan fingerprint density at radius 2 is 1.87 bits per heavy atom. The second-order valence-corrected chi connectivity index (χ2v) is 10.6. The van der Waals surface area contributed by atoms with Gasteiger partial charge >= 0.3 is 11.9 Å². The van der Waals surface area contributed by atoms with Crippen molar-refractivity contribution in [1.29, 1.82) is 0 Å². The molecule has 0 spiro atoms. The first-order valence-electron chi connectivity index (χ1n) is 11.4. The number of ether oxygens (including phenoxy) is 4. The molecule has 10 atom stereocenters. The normalized spacial score (nSPS) is 48.7. The Balaban J connectivity index is 1.82.